The number of carbonyl (C=O) groups is 1. The van der Waals surface area contributed by atoms with Gasteiger partial charge in [-0.25, -0.2) is 4.98 Å². The Morgan fingerprint density at radius 2 is 2.08 bits per heavy atom. The van der Waals surface area contributed by atoms with Gasteiger partial charge in [0.05, 0.1) is 0 Å². The van der Waals surface area contributed by atoms with Crippen LogP contribution in [0.2, 0.25) is 0 Å². The lowest BCUT2D eigenvalue weighted by atomic mass is 9.93. The van der Waals surface area contributed by atoms with E-state index in [0.29, 0.717) is 12.3 Å². The molecule has 1 aromatic carbocycles. The van der Waals surface area contributed by atoms with E-state index < -0.39 is 0 Å². The van der Waals surface area contributed by atoms with E-state index in [1.54, 1.807) is 0 Å². The first-order valence-electron chi connectivity index (χ1n) is 9.39. The van der Waals surface area contributed by atoms with Gasteiger partial charge in [0, 0.05) is 43.0 Å². The van der Waals surface area contributed by atoms with Gasteiger partial charge in [-0.05, 0) is 43.7 Å². The van der Waals surface area contributed by atoms with Crippen LogP contribution in [0, 0.1) is 12.8 Å². The number of carbonyl (C=O) groups excluding carboxylic acids is 1. The summed E-state index contributed by atoms with van der Waals surface area (Å²) < 4.78 is 0. The minimum Gasteiger partial charge on any atom is -0.361 e. The smallest absolute Gasteiger partial charge is 0.222 e. The zero-order valence-electron chi connectivity index (χ0n) is 15.2. The van der Waals surface area contributed by atoms with E-state index in [-0.39, 0.29) is 5.91 Å². The van der Waals surface area contributed by atoms with Crippen LogP contribution >= 0.6 is 0 Å². The van der Waals surface area contributed by atoms with Crippen molar-refractivity contribution in [2.75, 3.05) is 13.1 Å². The Morgan fingerprint density at radius 3 is 2.85 bits per heavy atom. The number of rotatable bonds is 5. The molecule has 6 nitrogen and oxygen atoms in total. The van der Waals surface area contributed by atoms with Crippen molar-refractivity contribution in [3.05, 3.63) is 47.7 Å². The summed E-state index contributed by atoms with van der Waals surface area (Å²) in [5, 5.41) is 8.35. The van der Waals surface area contributed by atoms with Gasteiger partial charge in [0.1, 0.15) is 5.82 Å². The largest absolute Gasteiger partial charge is 0.361 e. The second kappa shape index (κ2) is 7.32. The van der Waals surface area contributed by atoms with Crippen LogP contribution < -0.4 is 0 Å². The number of aromatic nitrogens is 4. The van der Waals surface area contributed by atoms with Crippen LogP contribution in [0.4, 0.5) is 0 Å². The second-order valence-electron chi connectivity index (χ2n) is 7.22. The Kier molecular flexibility index (Phi) is 4.73. The van der Waals surface area contributed by atoms with Gasteiger partial charge >= 0.3 is 0 Å². The Bertz CT molecular complexity index is 888. The molecule has 4 rings (SSSR count). The molecule has 1 aliphatic heterocycles. The highest BCUT2D eigenvalue weighted by atomic mass is 16.2. The van der Waals surface area contributed by atoms with Gasteiger partial charge < -0.3 is 9.88 Å². The molecule has 0 radical (unpaired) electrons. The van der Waals surface area contributed by atoms with Gasteiger partial charge in [0.15, 0.2) is 5.82 Å². The maximum absolute atomic E-state index is 12.6. The standard InChI is InChI=1S/C20H25N5O/c1-14-22-19(24-23-14)12-15-8-10-25(11-9-15)20(26)7-6-16-13-21-18-5-3-2-4-17(16)18/h2-5,13,15,21H,6-12H2,1H3,(H,22,23,24). The number of aryl methyl sites for hydroxylation is 2. The van der Waals surface area contributed by atoms with E-state index >= 15 is 0 Å². The molecule has 1 fully saturated rings. The van der Waals surface area contributed by atoms with E-state index in [4.69, 9.17) is 0 Å². The number of fused-ring (bicyclic) bond motifs is 1. The number of piperidine rings is 1. The maximum atomic E-state index is 12.6. The van der Waals surface area contributed by atoms with Crippen molar-refractivity contribution in [3.8, 4) is 0 Å². The second-order valence-corrected chi connectivity index (χ2v) is 7.22. The number of para-hydroxylation sites is 1. The highest BCUT2D eigenvalue weighted by Gasteiger charge is 2.23. The Morgan fingerprint density at radius 1 is 1.27 bits per heavy atom. The Balaban J connectivity index is 1.27. The first-order valence-corrected chi connectivity index (χ1v) is 9.39. The third-order valence-electron chi connectivity index (χ3n) is 5.37. The molecule has 1 amide bonds. The molecule has 26 heavy (non-hydrogen) atoms. The summed E-state index contributed by atoms with van der Waals surface area (Å²) in [5.41, 5.74) is 2.36. The van der Waals surface area contributed by atoms with Gasteiger partial charge in [-0.15, -0.1) is 0 Å². The molecular weight excluding hydrogens is 326 g/mol. The van der Waals surface area contributed by atoms with Crippen molar-refractivity contribution >= 4 is 16.8 Å². The number of aromatic amines is 2. The molecule has 0 aliphatic carbocycles. The van der Waals surface area contributed by atoms with Crippen molar-refractivity contribution in [2.45, 2.75) is 39.0 Å². The normalized spacial score (nSPS) is 15.7. The predicted molar refractivity (Wildman–Crippen MR) is 101 cm³/mol. The average Bonchev–Trinajstić information content (AvgIpc) is 3.26. The predicted octanol–water partition coefficient (Wildman–Crippen LogP) is 3.01. The van der Waals surface area contributed by atoms with Gasteiger partial charge in [-0.3, -0.25) is 9.89 Å². The average molecular weight is 351 g/mol. The molecule has 0 bridgehead atoms. The van der Waals surface area contributed by atoms with E-state index in [1.165, 1.54) is 10.9 Å². The Hall–Kier alpha value is -2.63. The van der Waals surface area contributed by atoms with Crippen LogP contribution in [0.3, 0.4) is 0 Å². The quantitative estimate of drug-likeness (QED) is 0.742. The fourth-order valence-electron chi connectivity index (χ4n) is 3.86. The molecule has 2 N–H and O–H groups in total. The van der Waals surface area contributed by atoms with E-state index in [0.717, 1.165) is 55.9 Å². The van der Waals surface area contributed by atoms with Crippen molar-refractivity contribution in [2.24, 2.45) is 5.92 Å². The SMILES string of the molecule is Cc1nc(CC2CCN(C(=O)CCc3c[nH]c4ccccc34)CC2)n[nH]1. The molecule has 3 aromatic rings. The zero-order valence-corrected chi connectivity index (χ0v) is 15.2. The maximum Gasteiger partial charge on any atom is 0.222 e. The molecule has 6 heteroatoms. The molecular formula is C20H25N5O. The lowest BCUT2D eigenvalue weighted by Crippen LogP contribution is -2.39. The molecule has 136 valence electrons. The number of H-pyrrole nitrogens is 2. The van der Waals surface area contributed by atoms with Crippen LogP contribution in [0.1, 0.15) is 36.5 Å². The monoisotopic (exact) mass is 351 g/mol. The summed E-state index contributed by atoms with van der Waals surface area (Å²) in [4.78, 5) is 22.3. The molecule has 1 aliphatic rings. The molecule has 2 aromatic heterocycles. The zero-order chi connectivity index (χ0) is 17.9. The van der Waals surface area contributed by atoms with Crippen LogP contribution in [-0.2, 0) is 17.6 Å². The van der Waals surface area contributed by atoms with Gasteiger partial charge in [-0.2, -0.15) is 5.10 Å². The topological polar surface area (TPSA) is 77.7 Å². The third kappa shape index (κ3) is 3.64. The van der Waals surface area contributed by atoms with Crippen LogP contribution in [0.25, 0.3) is 10.9 Å². The first-order chi connectivity index (χ1) is 12.7. The summed E-state index contributed by atoms with van der Waals surface area (Å²) in [6.07, 6.45) is 6.37. The number of hydrogen-bond acceptors (Lipinski definition) is 3. The lowest BCUT2D eigenvalue weighted by Gasteiger charge is -2.31. The summed E-state index contributed by atoms with van der Waals surface area (Å²) in [5.74, 6) is 2.60. The van der Waals surface area contributed by atoms with Crippen molar-refractivity contribution in [3.63, 3.8) is 0 Å². The van der Waals surface area contributed by atoms with Crippen molar-refractivity contribution in [1.29, 1.82) is 0 Å². The van der Waals surface area contributed by atoms with Crippen LogP contribution in [0.5, 0.6) is 0 Å². The van der Waals surface area contributed by atoms with Gasteiger partial charge in [-0.1, -0.05) is 18.2 Å². The molecule has 0 saturated carbocycles. The fourth-order valence-corrected chi connectivity index (χ4v) is 3.86. The lowest BCUT2D eigenvalue weighted by molar-refractivity contribution is -0.132. The number of likely N-dealkylation sites (tertiary alicyclic amines) is 1. The van der Waals surface area contributed by atoms with Gasteiger partial charge in [0.2, 0.25) is 5.91 Å². The van der Waals surface area contributed by atoms with Crippen LogP contribution in [0.15, 0.2) is 30.5 Å². The van der Waals surface area contributed by atoms with E-state index in [1.807, 2.05) is 30.2 Å². The minimum atomic E-state index is 0.266. The molecule has 1 saturated heterocycles. The molecule has 0 atom stereocenters. The van der Waals surface area contributed by atoms with E-state index in [9.17, 15) is 4.79 Å². The molecule has 0 spiro atoms. The van der Waals surface area contributed by atoms with Crippen molar-refractivity contribution in [1.82, 2.24) is 25.1 Å². The number of benzene rings is 1. The number of amides is 1. The van der Waals surface area contributed by atoms with Crippen molar-refractivity contribution < 1.29 is 4.79 Å². The molecule has 0 unspecified atom stereocenters. The first kappa shape index (κ1) is 16.8. The molecule has 3 heterocycles. The number of hydrogen-bond donors (Lipinski definition) is 2. The summed E-state index contributed by atoms with van der Waals surface area (Å²) in [7, 11) is 0. The Labute approximate surface area is 153 Å². The third-order valence-corrected chi connectivity index (χ3v) is 5.37. The summed E-state index contributed by atoms with van der Waals surface area (Å²) >= 11 is 0. The highest BCUT2D eigenvalue weighted by Crippen LogP contribution is 2.22. The minimum absolute atomic E-state index is 0.266. The van der Waals surface area contributed by atoms with Gasteiger partial charge in [0.25, 0.3) is 0 Å². The van der Waals surface area contributed by atoms with E-state index in [2.05, 4.69) is 32.3 Å². The van der Waals surface area contributed by atoms with Crippen LogP contribution in [-0.4, -0.2) is 44.1 Å². The summed E-state index contributed by atoms with van der Waals surface area (Å²) in [6, 6.07) is 8.25. The fraction of sp³-hybridized carbons (Fsp3) is 0.450. The highest BCUT2D eigenvalue weighted by molar-refractivity contribution is 5.84. The summed E-state index contributed by atoms with van der Waals surface area (Å²) in [6.45, 7) is 3.62. The number of nitrogens with one attached hydrogen (secondary N) is 2. The number of nitrogens with zero attached hydrogens (tertiary/aromatic N) is 3.